The van der Waals surface area contributed by atoms with Crippen molar-refractivity contribution in [1.82, 2.24) is 5.32 Å². The molecule has 3 aromatic carbocycles. The van der Waals surface area contributed by atoms with Crippen LogP contribution in [0.15, 0.2) is 84.9 Å². The molecule has 0 aliphatic carbocycles. The molecular formula is C63H94N2O10S. The molecule has 0 bridgehead atoms. The maximum Gasteiger partial charge on any atom is 0.329 e. The SMILES string of the molecule is CC(C)(C)OC(=O)CCC(NC(=O)c1ccc(C(N)C(=O)CCSCC(COC(=O)CCCCCCCCCCCc2ccccc2)OC(=O)CCCCCCCCCCCc2ccccc2)cc1)C(=O)OC(C)(C)C. The van der Waals surface area contributed by atoms with Crippen molar-refractivity contribution >= 4 is 47.3 Å². The number of nitrogens with two attached hydrogens (primary N) is 1. The van der Waals surface area contributed by atoms with Crippen LogP contribution >= 0.6 is 11.8 Å². The summed E-state index contributed by atoms with van der Waals surface area (Å²) in [6.07, 6.45) is 22.5. The molecule has 1 amide bonds. The van der Waals surface area contributed by atoms with E-state index in [1.54, 1.807) is 53.7 Å². The maximum atomic E-state index is 13.3. The van der Waals surface area contributed by atoms with Gasteiger partial charge in [-0.3, -0.25) is 24.0 Å². The van der Waals surface area contributed by atoms with Crippen LogP contribution in [-0.4, -0.2) is 77.0 Å². The average Bonchev–Trinajstić information content (AvgIpc) is 3.38. The fraction of sp³-hybridized carbons (Fsp3) is 0.619. The highest BCUT2D eigenvalue weighted by atomic mass is 32.2. The van der Waals surface area contributed by atoms with E-state index in [-0.39, 0.29) is 49.2 Å². The molecule has 0 aliphatic rings. The molecule has 76 heavy (non-hydrogen) atoms. The summed E-state index contributed by atoms with van der Waals surface area (Å²) in [5.41, 5.74) is 8.43. The summed E-state index contributed by atoms with van der Waals surface area (Å²) < 4.78 is 22.4. The number of benzene rings is 3. The minimum absolute atomic E-state index is 0.0200. The number of ketones is 1. The maximum absolute atomic E-state index is 13.3. The average molecular weight is 1070 g/mol. The van der Waals surface area contributed by atoms with Crippen molar-refractivity contribution in [3.8, 4) is 0 Å². The van der Waals surface area contributed by atoms with Crippen molar-refractivity contribution in [3.63, 3.8) is 0 Å². The molecule has 422 valence electrons. The van der Waals surface area contributed by atoms with Crippen LogP contribution in [-0.2, 0) is 55.8 Å². The number of nitrogens with one attached hydrogen (secondary N) is 1. The molecule has 3 atom stereocenters. The standard InChI is InChI=1S/C63H94N2O10S/c1-62(2,3)74-58(69)44-43-54(61(71)75-63(4,5)6)65-60(70)52-41-39-51(40-42-52)59(64)55(66)45-46-76-48-53(73-57(68)38-30-20-16-12-8-10-14-18-24-32-50-35-27-22-28-36-50)47-72-56(67)37-29-19-15-11-7-9-13-17-23-31-49-33-25-21-26-34-49/h21-22,25-28,33-36,39-42,53-54,59H,7-20,23-24,29-32,37-38,43-48,64H2,1-6H3,(H,65,70). The molecule has 0 saturated carbocycles. The van der Waals surface area contributed by atoms with E-state index in [1.165, 1.54) is 99.2 Å². The zero-order valence-electron chi connectivity index (χ0n) is 47.2. The number of carbonyl (C=O) groups is 6. The number of hydrogen-bond donors (Lipinski definition) is 2. The lowest BCUT2D eigenvalue weighted by molar-refractivity contribution is -0.158. The Kier molecular flexibility index (Phi) is 32.4. The predicted octanol–water partition coefficient (Wildman–Crippen LogP) is 13.7. The Hall–Kier alpha value is -5.01. The lowest BCUT2D eigenvalue weighted by Crippen LogP contribution is -2.44. The third-order valence-electron chi connectivity index (χ3n) is 12.8. The van der Waals surface area contributed by atoms with Gasteiger partial charge >= 0.3 is 23.9 Å². The topological polar surface area (TPSA) is 177 Å². The van der Waals surface area contributed by atoms with E-state index in [0.717, 1.165) is 64.2 Å². The third-order valence-corrected chi connectivity index (χ3v) is 13.9. The summed E-state index contributed by atoms with van der Waals surface area (Å²) in [5, 5.41) is 2.69. The van der Waals surface area contributed by atoms with Gasteiger partial charge in [0.15, 0.2) is 5.78 Å². The van der Waals surface area contributed by atoms with E-state index in [2.05, 4.69) is 66.0 Å². The van der Waals surface area contributed by atoms with Gasteiger partial charge in [-0.25, -0.2) is 4.79 Å². The molecular weight excluding hydrogens is 977 g/mol. The molecule has 3 unspecified atom stereocenters. The van der Waals surface area contributed by atoms with Crippen LogP contribution in [0.3, 0.4) is 0 Å². The first-order valence-electron chi connectivity index (χ1n) is 28.5. The van der Waals surface area contributed by atoms with E-state index in [9.17, 15) is 28.8 Å². The van der Waals surface area contributed by atoms with Crippen molar-refractivity contribution in [2.24, 2.45) is 5.73 Å². The van der Waals surface area contributed by atoms with Gasteiger partial charge in [-0.1, -0.05) is 163 Å². The van der Waals surface area contributed by atoms with Gasteiger partial charge in [-0.15, -0.1) is 0 Å². The molecule has 13 heteroatoms. The Bertz CT molecular complexity index is 2100. The summed E-state index contributed by atoms with van der Waals surface area (Å²) in [6, 6.07) is 25.5. The molecule has 0 heterocycles. The van der Waals surface area contributed by atoms with Gasteiger partial charge in [0.2, 0.25) is 0 Å². The third kappa shape index (κ3) is 31.9. The number of hydrogen-bond acceptors (Lipinski definition) is 12. The van der Waals surface area contributed by atoms with Gasteiger partial charge in [-0.05, 0) is 115 Å². The monoisotopic (exact) mass is 1070 g/mol. The Morgan fingerprint density at radius 3 is 1.47 bits per heavy atom. The number of aryl methyl sites for hydroxylation is 2. The van der Waals surface area contributed by atoms with Crippen LogP contribution in [0.25, 0.3) is 0 Å². The van der Waals surface area contributed by atoms with Gasteiger partial charge in [0.25, 0.3) is 5.91 Å². The second-order valence-electron chi connectivity index (χ2n) is 22.2. The molecule has 0 spiro atoms. The van der Waals surface area contributed by atoms with Gasteiger partial charge in [0.05, 0.1) is 6.04 Å². The Labute approximate surface area is 460 Å². The minimum Gasteiger partial charge on any atom is -0.462 e. The number of Topliss-reactive ketones (excluding diaryl/α,β-unsaturated/α-hetero) is 1. The van der Waals surface area contributed by atoms with Crippen LogP contribution in [0.4, 0.5) is 0 Å². The van der Waals surface area contributed by atoms with Crippen LogP contribution < -0.4 is 11.1 Å². The number of unbranched alkanes of at least 4 members (excludes halogenated alkanes) is 16. The highest BCUT2D eigenvalue weighted by Gasteiger charge is 2.29. The first kappa shape index (κ1) is 65.3. The van der Waals surface area contributed by atoms with Crippen LogP contribution in [0.2, 0.25) is 0 Å². The lowest BCUT2D eigenvalue weighted by Gasteiger charge is -2.25. The van der Waals surface area contributed by atoms with Crippen LogP contribution in [0.1, 0.15) is 222 Å². The normalized spacial score (nSPS) is 12.8. The molecule has 0 fully saturated rings. The molecule has 0 aromatic heterocycles. The zero-order valence-corrected chi connectivity index (χ0v) is 48.0. The predicted molar refractivity (Wildman–Crippen MR) is 306 cm³/mol. The van der Waals surface area contributed by atoms with Gasteiger partial charge in [0.1, 0.15) is 30.0 Å². The smallest absolute Gasteiger partial charge is 0.329 e. The first-order valence-corrected chi connectivity index (χ1v) is 29.7. The van der Waals surface area contributed by atoms with E-state index in [0.29, 0.717) is 29.9 Å². The minimum atomic E-state index is -1.10. The van der Waals surface area contributed by atoms with E-state index >= 15 is 0 Å². The fourth-order valence-electron chi connectivity index (χ4n) is 8.67. The van der Waals surface area contributed by atoms with Crippen LogP contribution in [0.5, 0.6) is 0 Å². The quantitative estimate of drug-likeness (QED) is 0.0313. The van der Waals surface area contributed by atoms with Gasteiger partial charge < -0.3 is 30.0 Å². The number of thioether (sulfide) groups is 1. The number of amides is 1. The summed E-state index contributed by atoms with van der Waals surface area (Å²) >= 11 is 1.43. The molecule has 0 radical (unpaired) electrons. The van der Waals surface area contributed by atoms with Crippen LogP contribution in [0, 0.1) is 0 Å². The molecule has 3 aromatic rings. The van der Waals surface area contributed by atoms with Crippen molar-refractivity contribution < 1.29 is 47.7 Å². The van der Waals surface area contributed by atoms with E-state index < -0.39 is 47.2 Å². The molecule has 12 nitrogen and oxygen atoms in total. The summed E-state index contributed by atoms with van der Waals surface area (Å²) in [4.78, 5) is 77.9. The van der Waals surface area contributed by atoms with Crippen molar-refractivity contribution in [3.05, 3.63) is 107 Å². The second kappa shape index (κ2) is 37.7. The van der Waals surface area contributed by atoms with Crippen molar-refractivity contribution in [2.75, 3.05) is 18.1 Å². The largest absolute Gasteiger partial charge is 0.462 e. The molecule has 0 aliphatic heterocycles. The van der Waals surface area contributed by atoms with E-state index in [4.69, 9.17) is 24.7 Å². The molecule has 0 saturated heterocycles. The first-order chi connectivity index (χ1) is 36.4. The van der Waals surface area contributed by atoms with Gasteiger partial charge in [0, 0.05) is 42.8 Å². The fourth-order valence-corrected chi connectivity index (χ4v) is 9.61. The number of carbonyl (C=O) groups excluding carboxylic acids is 6. The van der Waals surface area contributed by atoms with Crippen molar-refractivity contribution in [1.29, 1.82) is 0 Å². The Balaban J connectivity index is 1.42. The number of ether oxygens (including phenoxy) is 4. The van der Waals surface area contributed by atoms with Crippen molar-refractivity contribution in [2.45, 2.75) is 231 Å². The number of rotatable bonds is 40. The molecule has 3 N–H and O–H groups in total. The summed E-state index contributed by atoms with van der Waals surface area (Å²) in [7, 11) is 0. The van der Waals surface area contributed by atoms with E-state index in [1.807, 2.05) is 0 Å². The Morgan fingerprint density at radius 2 is 0.987 bits per heavy atom. The summed E-state index contributed by atoms with van der Waals surface area (Å²) in [5.74, 6) is -1.79. The Morgan fingerprint density at radius 1 is 0.526 bits per heavy atom. The van der Waals surface area contributed by atoms with Gasteiger partial charge in [-0.2, -0.15) is 11.8 Å². The lowest BCUT2D eigenvalue weighted by atomic mass is 10.0. The highest BCUT2D eigenvalue weighted by Crippen LogP contribution is 2.20. The second-order valence-corrected chi connectivity index (χ2v) is 23.4. The zero-order chi connectivity index (χ0) is 55.4. The summed E-state index contributed by atoms with van der Waals surface area (Å²) in [6.45, 7) is 10.4. The molecule has 3 rings (SSSR count). The highest BCUT2D eigenvalue weighted by molar-refractivity contribution is 7.99. The number of esters is 4.